The molecule has 0 amide bonds. The Bertz CT molecular complexity index is 262. The van der Waals surface area contributed by atoms with E-state index in [2.05, 4.69) is 9.32 Å². The molecule has 0 aromatic carbocycles. The minimum absolute atomic E-state index is 0.0173. The second-order valence-electron chi connectivity index (χ2n) is 3.69. The standard InChI is InChI=1S/C6H13NO4S/c1-6(2,3)4-5(8)11-12(7,9)10/h4H2,1-3H3,(H2,7,9,10). The topological polar surface area (TPSA) is 86.5 Å². The van der Waals surface area contributed by atoms with E-state index in [0.717, 1.165) is 0 Å². The van der Waals surface area contributed by atoms with Gasteiger partial charge in [0.25, 0.3) is 0 Å². The van der Waals surface area contributed by atoms with Gasteiger partial charge in [0.1, 0.15) is 0 Å². The minimum Gasteiger partial charge on any atom is -0.334 e. The fourth-order valence-corrected chi connectivity index (χ4v) is 0.910. The summed E-state index contributed by atoms with van der Waals surface area (Å²) in [6.45, 7) is 5.37. The van der Waals surface area contributed by atoms with Gasteiger partial charge in [-0.3, -0.25) is 4.79 Å². The highest BCUT2D eigenvalue weighted by Gasteiger charge is 2.20. The first-order valence-electron chi connectivity index (χ1n) is 3.35. The summed E-state index contributed by atoms with van der Waals surface area (Å²) in [5, 5.41) is 4.48. The first kappa shape index (κ1) is 11.4. The number of hydrogen-bond acceptors (Lipinski definition) is 4. The Kier molecular flexibility index (Phi) is 3.23. The van der Waals surface area contributed by atoms with Crippen molar-refractivity contribution in [2.24, 2.45) is 10.6 Å². The predicted octanol–water partition coefficient (Wildman–Crippen LogP) is 0.169. The highest BCUT2D eigenvalue weighted by molar-refractivity contribution is 7.84. The van der Waals surface area contributed by atoms with E-state index in [1.165, 1.54) is 0 Å². The highest BCUT2D eigenvalue weighted by atomic mass is 32.2. The van der Waals surface area contributed by atoms with Gasteiger partial charge in [-0.2, -0.15) is 13.6 Å². The van der Waals surface area contributed by atoms with Gasteiger partial charge in [0, 0.05) is 0 Å². The molecule has 0 aliphatic carbocycles. The van der Waals surface area contributed by atoms with Crippen LogP contribution in [-0.4, -0.2) is 14.4 Å². The molecule has 6 heteroatoms. The Morgan fingerprint density at radius 2 is 1.83 bits per heavy atom. The zero-order valence-electron chi connectivity index (χ0n) is 7.33. The van der Waals surface area contributed by atoms with Gasteiger partial charge in [0.05, 0.1) is 6.42 Å². The second-order valence-corrected chi connectivity index (χ2v) is 4.84. The first-order chi connectivity index (χ1) is 5.10. The lowest BCUT2D eigenvalue weighted by atomic mass is 9.93. The third-order valence-corrected chi connectivity index (χ3v) is 1.30. The maximum absolute atomic E-state index is 10.8. The van der Waals surface area contributed by atoms with E-state index < -0.39 is 16.3 Å². The molecule has 0 saturated carbocycles. The fourth-order valence-electron chi connectivity index (χ4n) is 0.592. The monoisotopic (exact) mass is 195 g/mol. The number of carbonyl (C=O) groups excluding carboxylic acids is 1. The van der Waals surface area contributed by atoms with Crippen molar-refractivity contribution in [3.8, 4) is 0 Å². The van der Waals surface area contributed by atoms with E-state index in [-0.39, 0.29) is 11.8 Å². The van der Waals surface area contributed by atoms with Crippen molar-refractivity contribution in [1.29, 1.82) is 0 Å². The van der Waals surface area contributed by atoms with Crippen LogP contribution >= 0.6 is 0 Å². The van der Waals surface area contributed by atoms with Gasteiger partial charge in [-0.05, 0) is 5.41 Å². The van der Waals surface area contributed by atoms with Crippen molar-refractivity contribution in [3.63, 3.8) is 0 Å². The molecule has 72 valence electrons. The average Bonchev–Trinajstić information content (AvgIpc) is 1.49. The summed E-state index contributed by atoms with van der Waals surface area (Å²) in [4.78, 5) is 10.8. The van der Waals surface area contributed by atoms with Crippen LogP contribution < -0.4 is 5.14 Å². The molecule has 0 aromatic rings. The Balaban J connectivity index is 4.10. The average molecular weight is 195 g/mol. The molecule has 0 spiro atoms. The van der Waals surface area contributed by atoms with Crippen LogP contribution in [0.4, 0.5) is 0 Å². The summed E-state index contributed by atoms with van der Waals surface area (Å²) >= 11 is 0. The zero-order chi connectivity index (χ0) is 9.99. The minimum atomic E-state index is -4.15. The van der Waals surface area contributed by atoms with E-state index in [1.54, 1.807) is 20.8 Å². The maximum Gasteiger partial charge on any atom is 0.382 e. The molecule has 0 saturated heterocycles. The molecule has 0 aliphatic heterocycles. The Hall–Kier alpha value is -0.620. The van der Waals surface area contributed by atoms with Gasteiger partial charge in [-0.15, -0.1) is 0 Å². The van der Waals surface area contributed by atoms with Crippen molar-refractivity contribution < 1.29 is 17.4 Å². The summed E-state index contributed by atoms with van der Waals surface area (Å²) in [6, 6.07) is 0. The van der Waals surface area contributed by atoms with Crippen molar-refractivity contribution in [3.05, 3.63) is 0 Å². The summed E-state index contributed by atoms with van der Waals surface area (Å²) in [5.74, 6) is -0.829. The van der Waals surface area contributed by atoms with Gasteiger partial charge in [0.2, 0.25) is 0 Å². The number of hydrogen-bond donors (Lipinski definition) is 1. The second kappa shape index (κ2) is 3.40. The lowest BCUT2D eigenvalue weighted by Gasteiger charge is -2.15. The fraction of sp³-hybridized carbons (Fsp3) is 0.833. The molecule has 5 nitrogen and oxygen atoms in total. The molecule has 0 bridgehead atoms. The number of carbonyl (C=O) groups is 1. The summed E-state index contributed by atoms with van der Waals surface area (Å²) in [5.41, 5.74) is -0.304. The van der Waals surface area contributed by atoms with Crippen LogP contribution in [0.25, 0.3) is 0 Å². The quantitative estimate of drug-likeness (QED) is 0.680. The van der Waals surface area contributed by atoms with E-state index in [1.807, 2.05) is 0 Å². The molecule has 12 heavy (non-hydrogen) atoms. The van der Waals surface area contributed by atoms with Crippen LogP contribution in [-0.2, 0) is 19.3 Å². The van der Waals surface area contributed by atoms with Gasteiger partial charge in [-0.25, -0.2) is 0 Å². The van der Waals surface area contributed by atoms with Crippen LogP contribution in [0.2, 0.25) is 0 Å². The van der Waals surface area contributed by atoms with Crippen LogP contribution in [0, 0.1) is 5.41 Å². The number of nitrogens with two attached hydrogens (primary N) is 1. The molecular formula is C6H13NO4S. The van der Waals surface area contributed by atoms with E-state index >= 15 is 0 Å². The Morgan fingerprint density at radius 1 is 1.42 bits per heavy atom. The van der Waals surface area contributed by atoms with Gasteiger partial charge < -0.3 is 4.18 Å². The SMILES string of the molecule is CC(C)(C)CC(=O)OS(N)(=O)=O. The van der Waals surface area contributed by atoms with E-state index in [4.69, 9.17) is 0 Å². The van der Waals surface area contributed by atoms with Gasteiger partial charge >= 0.3 is 16.3 Å². The summed E-state index contributed by atoms with van der Waals surface area (Å²) in [6.07, 6.45) is 0.0173. The first-order valence-corrected chi connectivity index (χ1v) is 4.82. The molecule has 0 radical (unpaired) electrons. The number of rotatable bonds is 2. The molecule has 0 heterocycles. The van der Waals surface area contributed by atoms with E-state index in [0.29, 0.717) is 0 Å². The van der Waals surface area contributed by atoms with Crippen molar-refractivity contribution in [2.75, 3.05) is 0 Å². The van der Waals surface area contributed by atoms with Crippen LogP contribution in [0.15, 0.2) is 0 Å². The lowest BCUT2D eigenvalue weighted by molar-refractivity contribution is -0.135. The van der Waals surface area contributed by atoms with Crippen LogP contribution in [0.1, 0.15) is 27.2 Å². The molecule has 0 aliphatic rings. The van der Waals surface area contributed by atoms with E-state index in [9.17, 15) is 13.2 Å². The third-order valence-electron chi connectivity index (χ3n) is 0.884. The Labute approximate surface area is 72.1 Å². The maximum atomic E-state index is 10.8. The molecular weight excluding hydrogens is 182 g/mol. The lowest BCUT2D eigenvalue weighted by Crippen LogP contribution is -2.23. The smallest absolute Gasteiger partial charge is 0.334 e. The molecule has 0 aromatic heterocycles. The largest absolute Gasteiger partial charge is 0.382 e. The van der Waals surface area contributed by atoms with Crippen molar-refractivity contribution in [2.45, 2.75) is 27.2 Å². The van der Waals surface area contributed by atoms with Gasteiger partial charge in [0.15, 0.2) is 0 Å². The van der Waals surface area contributed by atoms with Crippen LogP contribution in [0.5, 0.6) is 0 Å². The summed E-state index contributed by atoms with van der Waals surface area (Å²) in [7, 11) is -4.15. The normalized spacial score (nSPS) is 12.7. The zero-order valence-corrected chi connectivity index (χ0v) is 8.14. The highest BCUT2D eigenvalue weighted by Crippen LogP contribution is 2.18. The van der Waals surface area contributed by atoms with Crippen molar-refractivity contribution in [1.82, 2.24) is 0 Å². The molecule has 2 N–H and O–H groups in total. The van der Waals surface area contributed by atoms with Crippen molar-refractivity contribution >= 4 is 16.3 Å². The summed E-state index contributed by atoms with van der Waals surface area (Å²) < 4.78 is 24.4. The predicted molar refractivity (Wildman–Crippen MR) is 43.3 cm³/mol. The van der Waals surface area contributed by atoms with Gasteiger partial charge in [-0.1, -0.05) is 20.8 Å². The van der Waals surface area contributed by atoms with Crippen LogP contribution in [0.3, 0.4) is 0 Å². The molecule has 0 atom stereocenters. The molecule has 0 unspecified atom stereocenters. The molecule has 0 rings (SSSR count). The Morgan fingerprint density at radius 3 is 2.08 bits per heavy atom. The molecule has 0 fully saturated rings. The third kappa shape index (κ3) is 7.49.